The first-order valence-corrected chi connectivity index (χ1v) is 9.43. The quantitative estimate of drug-likeness (QED) is 0.659. The fourth-order valence-electron chi connectivity index (χ4n) is 2.42. The molecule has 0 spiro atoms. The molecule has 1 saturated heterocycles. The Labute approximate surface area is 150 Å². The molecule has 1 fully saturated rings. The smallest absolute Gasteiger partial charge is 0.329 e. The summed E-state index contributed by atoms with van der Waals surface area (Å²) in [7, 11) is -3.94. The Morgan fingerprint density at radius 3 is 2.32 bits per heavy atom. The fraction of sp³-hybridized carbons (Fsp3) is 0.467. The first kappa shape index (κ1) is 19.6. The van der Waals surface area contributed by atoms with Crippen molar-refractivity contribution in [3.63, 3.8) is 0 Å². The van der Waals surface area contributed by atoms with E-state index < -0.39 is 33.5 Å². The predicted molar refractivity (Wildman–Crippen MR) is 89.8 cm³/mol. The Bertz CT molecular complexity index is 744. The standard InChI is InChI=1S/C15H19ClN2O6S/c1-10(18-25(22,23)12-4-2-11(16)3-5-12)13(19)17-15(14(20)21)6-8-24-9-7-15/h2-5,10,18H,6-9H2,1H3,(H,17,19)(H,20,21). The molecule has 1 amide bonds. The van der Waals surface area contributed by atoms with Crippen molar-refractivity contribution in [2.75, 3.05) is 13.2 Å². The van der Waals surface area contributed by atoms with E-state index in [1.807, 2.05) is 0 Å². The van der Waals surface area contributed by atoms with Crippen LogP contribution in [0.25, 0.3) is 0 Å². The third kappa shape index (κ3) is 4.69. The van der Waals surface area contributed by atoms with Gasteiger partial charge in [0.15, 0.2) is 0 Å². The van der Waals surface area contributed by atoms with Gasteiger partial charge in [-0.1, -0.05) is 11.6 Å². The molecule has 1 atom stereocenters. The van der Waals surface area contributed by atoms with Crippen LogP contribution < -0.4 is 10.0 Å². The zero-order chi connectivity index (χ0) is 18.7. The van der Waals surface area contributed by atoms with Crippen LogP contribution in [0.5, 0.6) is 0 Å². The van der Waals surface area contributed by atoms with Gasteiger partial charge in [0.25, 0.3) is 0 Å². The first-order valence-electron chi connectivity index (χ1n) is 7.57. The van der Waals surface area contributed by atoms with E-state index in [0.29, 0.717) is 5.02 Å². The number of ether oxygens (including phenoxy) is 1. The van der Waals surface area contributed by atoms with Crippen LogP contribution >= 0.6 is 11.6 Å². The van der Waals surface area contributed by atoms with Crippen molar-refractivity contribution in [2.24, 2.45) is 0 Å². The number of sulfonamides is 1. The van der Waals surface area contributed by atoms with Gasteiger partial charge in [0, 0.05) is 31.1 Å². The van der Waals surface area contributed by atoms with Gasteiger partial charge in [-0.25, -0.2) is 13.2 Å². The molecule has 25 heavy (non-hydrogen) atoms. The molecule has 0 radical (unpaired) electrons. The van der Waals surface area contributed by atoms with Gasteiger partial charge in [-0.05, 0) is 31.2 Å². The molecule has 0 saturated carbocycles. The van der Waals surface area contributed by atoms with E-state index in [9.17, 15) is 23.1 Å². The van der Waals surface area contributed by atoms with Crippen LogP contribution in [0.2, 0.25) is 5.02 Å². The molecular formula is C15H19ClN2O6S. The molecule has 138 valence electrons. The third-order valence-electron chi connectivity index (χ3n) is 3.97. The van der Waals surface area contributed by atoms with E-state index in [4.69, 9.17) is 16.3 Å². The summed E-state index contributed by atoms with van der Waals surface area (Å²) in [5, 5.41) is 12.3. The van der Waals surface area contributed by atoms with Crippen LogP contribution in [0.15, 0.2) is 29.2 Å². The van der Waals surface area contributed by atoms with Gasteiger partial charge in [0.1, 0.15) is 5.54 Å². The number of nitrogens with one attached hydrogen (secondary N) is 2. The average Bonchev–Trinajstić information content (AvgIpc) is 2.55. The van der Waals surface area contributed by atoms with Gasteiger partial charge in [-0.3, -0.25) is 4.79 Å². The summed E-state index contributed by atoms with van der Waals surface area (Å²) < 4.78 is 31.9. The van der Waals surface area contributed by atoms with Gasteiger partial charge in [0.2, 0.25) is 15.9 Å². The highest BCUT2D eigenvalue weighted by atomic mass is 35.5. The van der Waals surface area contributed by atoms with E-state index in [0.717, 1.165) is 0 Å². The molecule has 1 aromatic rings. The minimum atomic E-state index is -3.94. The number of hydrogen-bond acceptors (Lipinski definition) is 5. The van der Waals surface area contributed by atoms with Crippen LogP contribution in [-0.4, -0.2) is 50.2 Å². The van der Waals surface area contributed by atoms with E-state index in [-0.39, 0.29) is 31.0 Å². The van der Waals surface area contributed by atoms with Crippen LogP contribution in [0.4, 0.5) is 0 Å². The molecular weight excluding hydrogens is 372 g/mol. The summed E-state index contributed by atoms with van der Waals surface area (Å²) >= 11 is 5.73. The topological polar surface area (TPSA) is 122 Å². The van der Waals surface area contributed by atoms with Crippen LogP contribution in [0, 0.1) is 0 Å². The second kappa shape index (κ2) is 7.69. The summed E-state index contributed by atoms with van der Waals surface area (Å²) in [6, 6.07) is 4.31. The highest BCUT2D eigenvalue weighted by molar-refractivity contribution is 7.89. The lowest BCUT2D eigenvalue weighted by molar-refractivity contribution is -0.152. The van der Waals surface area contributed by atoms with Crippen molar-refractivity contribution >= 4 is 33.5 Å². The Kier molecular flexibility index (Phi) is 6.04. The van der Waals surface area contributed by atoms with Crippen molar-refractivity contribution < 1.29 is 27.9 Å². The lowest BCUT2D eigenvalue weighted by atomic mass is 9.90. The first-order chi connectivity index (χ1) is 11.7. The number of carbonyl (C=O) groups excluding carboxylic acids is 1. The second-order valence-electron chi connectivity index (χ2n) is 5.79. The molecule has 0 aliphatic carbocycles. The number of carbonyl (C=O) groups is 2. The molecule has 2 rings (SSSR count). The highest BCUT2D eigenvalue weighted by Gasteiger charge is 2.42. The largest absolute Gasteiger partial charge is 0.480 e. The minimum absolute atomic E-state index is 0.0458. The van der Waals surface area contributed by atoms with Gasteiger partial charge in [-0.2, -0.15) is 4.72 Å². The number of carboxylic acids is 1. The molecule has 0 bridgehead atoms. The van der Waals surface area contributed by atoms with Crippen molar-refractivity contribution in [2.45, 2.75) is 36.2 Å². The van der Waals surface area contributed by atoms with Gasteiger partial charge < -0.3 is 15.2 Å². The SMILES string of the molecule is CC(NS(=O)(=O)c1ccc(Cl)cc1)C(=O)NC1(C(=O)O)CCOCC1. The lowest BCUT2D eigenvalue weighted by Crippen LogP contribution is -2.60. The Balaban J connectivity index is 2.08. The zero-order valence-corrected chi connectivity index (χ0v) is 15.1. The second-order valence-corrected chi connectivity index (χ2v) is 7.94. The summed E-state index contributed by atoms with van der Waals surface area (Å²) in [5.74, 6) is -1.89. The molecule has 3 N–H and O–H groups in total. The number of aliphatic carboxylic acids is 1. The molecule has 0 aromatic heterocycles. The monoisotopic (exact) mass is 390 g/mol. The summed E-state index contributed by atoms with van der Waals surface area (Å²) in [6.45, 7) is 1.76. The molecule has 10 heteroatoms. The summed E-state index contributed by atoms with van der Waals surface area (Å²) in [5.41, 5.74) is -1.45. The number of halogens is 1. The summed E-state index contributed by atoms with van der Waals surface area (Å²) in [4.78, 5) is 23.8. The number of amides is 1. The number of rotatable bonds is 6. The van der Waals surface area contributed by atoms with Crippen molar-refractivity contribution in [1.82, 2.24) is 10.0 Å². The highest BCUT2D eigenvalue weighted by Crippen LogP contribution is 2.21. The number of benzene rings is 1. The average molecular weight is 391 g/mol. The van der Waals surface area contributed by atoms with E-state index in [2.05, 4.69) is 10.0 Å². The van der Waals surface area contributed by atoms with Gasteiger partial charge in [-0.15, -0.1) is 0 Å². The fourth-order valence-corrected chi connectivity index (χ4v) is 3.75. The van der Waals surface area contributed by atoms with Crippen LogP contribution in [-0.2, 0) is 24.3 Å². The van der Waals surface area contributed by atoms with E-state index in [1.54, 1.807) is 0 Å². The van der Waals surface area contributed by atoms with Gasteiger partial charge in [0.05, 0.1) is 10.9 Å². The summed E-state index contributed by atoms with van der Waals surface area (Å²) in [6.07, 6.45) is 0.232. The molecule has 1 aliphatic heterocycles. The lowest BCUT2D eigenvalue weighted by Gasteiger charge is -2.34. The van der Waals surface area contributed by atoms with Crippen molar-refractivity contribution in [1.29, 1.82) is 0 Å². The third-order valence-corrected chi connectivity index (χ3v) is 5.78. The Morgan fingerprint density at radius 1 is 1.24 bits per heavy atom. The minimum Gasteiger partial charge on any atom is -0.480 e. The molecule has 1 aromatic carbocycles. The Morgan fingerprint density at radius 2 is 1.80 bits per heavy atom. The molecule has 1 heterocycles. The molecule has 1 aliphatic rings. The number of hydrogen-bond donors (Lipinski definition) is 3. The maximum Gasteiger partial charge on any atom is 0.329 e. The molecule has 1 unspecified atom stereocenters. The maximum absolute atomic E-state index is 12.3. The Hall–Kier alpha value is -1.68. The van der Waals surface area contributed by atoms with Crippen molar-refractivity contribution in [3.05, 3.63) is 29.3 Å². The maximum atomic E-state index is 12.3. The number of carboxylic acid groups (broad SMARTS) is 1. The van der Waals surface area contributed by atoms with E-state index >= 15 is 0 Å². The van der Waals surface area contributed by atoms with E-state index in [1.165, 1.54) is 31.2 Å². The van der Waals surface area contributed by atoms with Gasteiger partial charge >= 0.3 is 5.97 Å². The van der Waals surface area contributed by atoms with Crippen LogP contribution in [0.3, 0.4) is 0 Å². The van der Waals surface area contributed by atoms with Crippen molar-refractivity contribution in [3.8, 4) is 0 Å². The zero-order valence-electron chi connectivity index (χ0n) is 13.5. The predicted octanol–water partition coefficient (Wildman–Crippen LogP) is 0.757. The van der Waals surface area contributed by atoms with Crippen LogP contribution in [0.1, 0.15) is 19.8 Å². The molecule has 8 nitrogen and oxygen atoms in total. The normalized spacial score (nSPS) is 18.3.